The zero-order valence-corrected chi connectivity index (χ0v) is 13.2. The molecule has 0 saturated heterocycles. The SMILES string of the molecule is Cc1cccc2c1C(C(=O)NCCC1=CCCCC1)CC2=O. The molecule has 1 amide bonds. The Hall–Kier alpha value is -1.90. The number of hydrogen-bond donors (Lipinski definition) is 1. The molecule has 1 N–H and O–H groups in total. The van der Waals surface area contributed by atoms with Crippen molar-refractivity contribution in [3.63, 3.8) is 0 Å². The lowest BCUT2D eigenvalue weighted by molar-refractivity contribution is -0.122. The quantitative estimate of drug-likeness (QED) is 0.862. The number of amides is 1. The highest BCUT2D eigenvalue weighted by molar-refractivity contribution is 6.07. The van der Waals surface area contributed by atoms with Gasteiger partial charge in [0.2, 0.25) is 5.91 Å². The van der Waals surface area contributed by atoms with Gasteiger partial charge >= 0.3 is 0 Å². The van der Waals surface area contributed by atoms with E-state index in [0.29, 0.717) is 13.0 Å². The maximum absolute atomic E-state index is 12.5. The summed E-state index contributed by atoms with van der Waals surface area (Å²) in [5.41, 5.74) is 4.17. The van der Waals surface area contributed by atoms with Gasteiger partial charge in [0.25, 0.3) is 0 Å². The van der Waals surface area contributed by atoms with E-state index >= 15 is 0 Å². The topological polar surface area (TPSA) is 46.2 Å². The van der Waals surface area contributed by atoms with Gasteiger partial charge in [-0.05, 0) is 50.2 Å². The summed E-state index contributed by atoms with van der Waals surface area (Å²) in [6.45, 7) is 2.65. The molecule has 1 unspecified atom stereocenters. The van der Waals surface area contributed by atoms with E-state index < -0.39 is 0 Å². The van der Waals surface area contributed by atoms with Crippen LogP contribution in [0.1, 0.15) is 65.9 Å². The first-order valence-electron chi connectivity index (χ1n) is 8.25. The molecule has 1 aromatic carbocycles. The Kier molecular flexibility index (Phi) is 4.41. The van der Waals surface area contributed by atoms with Gasteiger partial charge in [0.15, 0.2) is 5.78 Å². The van der Waals surface area contributed by atoms with Crippen molar-refractivity contribution >= 4 is 11.7 Å². The number of rotatable bonds is 4. The molecule has 0 saturated carbocycles. The van der Waals surface area contributed by atoms with E-state index in [1.807, 2.05) is 25.1 Å². The Bertz CT molecular complexity index is 630. The van der Waals surface area contributed by atoms with Gasteiger partial charge in [-0.1, -0.05) is 29.8 Å². The zero-order chi connectivity index (χ0) is 15.5. The first-order valence-corrected chi connectivity index (χ1v) is 8.25. The lowest BCUT2D eigenvalue weighted by atomic mass is 9.95. The minimum absolute atomic E-state index is 0.00203. The van der Waals surface area contributed by atoms with Crippen molar-refractivity contribution in [2.45, 2.75) is 51.4 Å². The minimum Gasteiger partial charge on any atom is -0.355 e. The molecule has 0 radical (unpaired) electrons. The first kappa shape index (κ1) is 15.0. The van der Waals surface area contributed by atoms with Crippen molar-refractivity contribution in [1.82, 2.24) is 5.32 Å². The number of aryl methyl sites for hydroxylation is 1. The van der Waals surface area contributed by atoms with E-state index in [1.54, 1.807) is 0 Å². The summed E-state index contributed by atoms with van der Waals surface area (Å²) in [6, 6.07) is 5.71. The van der Waals surface area contributed by atoms with Gasteiger partial charge in [-0.25, -0.2) is 0 Å². The number of carbonyl (C=O) groups excluding carboxylic acids is 2. The van der Waals surface area contributed by atoms with Crippen LogP contribution in [0.15, 0.2) is 29.8 Å². The highest BCUT2D eigenvalue weighted by Crippen LogP contribution is 2.35. The third-order valence-corrected chi connectivity index (χ3v) is 4.81. The Morgan fingerprint density at radius 3 is 2.95 bits per heavy atom. The number of allylic oxidation sites excluding steroid dienone is 1. The third-order valence-electron chi connectivity index (χ3n) is 4.81. The van der Waals surface area contributed by atoms with Crippen LogP contribution in [0.4, 0.5) is 0 Å². The normalized spacial score (nSPS) is 20.5. The Balaban J connectivity index is 1.62. The molecule has 0 bridgehead atoms. The van der Waals surface area contributed by atoms with E-state index in [4.69, 9.17) is 0 Å². The second-order valence-corrected chi connectivity index (χ2v) is 6.37. The molecule has 2 aliphatic carbocycles. The molecular formula is C19H23NO2. The number of benzene rings is 1. The Morgan fingerprint density at radius 1 is 1.32 bits per heavy atom. The second kappa shape index (κ2) is 6.47. The molecule has 0 aromatic heterocycles. The molecule has 0 heterocycles. The van der Waals surface area contributed by atoms with Crippen LogP contribution < -0.4 is 5.32 Å². The molecule has 3 rings (SSSR count). The van der Waals surface area contributed by atoms with Gasteiger partial charge < -0.3 is 5.32 Å². The molecule has 3 nitrogen and oxygen atoms in total. The summed E-state index contributed by atoms with van der Waals surface area (Å²) in [4.78, 5) is 24.5. The molecule has 0 aliphatic heterocycles. The maximum atomic E-state index is 12.5. The predicted octanol–water partition coefficient (Wildman–Crippen LogP) is 3.67. The minimum atomic E-state index is -0.302. The van der Waals surface area contributed by atoms with Crippen molar-refractivity contribution < 1.29 is 9.59 Å². The van der Waals surface area contributed by atoms with Crippen LogP contribution in [0, 0.1) is 6.92 Å². The van der Waals surface area contributed by atoms with Crippen LogP contribution in [-0.2, 0) is 4.79 Å². The number of hydrogen-bond acceptors (Lipinski definition) is 2. The summed E-state index contributed by atoms with van der Waals surface area (Å²) >= 11 is 0. The van der Waals surface area contributed by atoms with Crippen molar-refractivity contribution in [3.8, 4) is 0 Å². The van der Waals surface area contributed by atoms with Gasteiger partial charge in [0.05, 0.1) is 5.92 Å². The molecule has 0 spiro atoms. The van der Waals surface area contributed by atoms with Crippen molar-refractivity contribution in [1.29, 1.82) is 0 Å². The van der Waals surface area contributed by atoms with Crippen molar-refractivity contribution in [2.75, 3.05) is 6.54 Å². The largest absolute Gasteiger partial charge is 0.355 e. The molecular weight excluding hydrogens is 274 g/mol. The molecule has 1 atom stereocenters. The van der Waals surface area contributed by atoms with E-state index in [1.165, 1.54) is 31.3 Å². The Morgan fingerprint density at radius 2 is 2.18 bits per heavy atom. The van der Waals surface area contributed by atoms with Gasteiger partial charge in [-0.15, -0.1) is 0 Å². The molecule has 22 heavy (non-hydrogen) atoms. The zero-order valence-electron chi connectivity index (χ0n) is 13.2. The van der Waals surface area contributed by atoms with Gasteiger partial charge in [-0.2, -0.15) is 0 Å². The van der Waals surface area contributed by atoms with E-state index in [2.05, 4.69) is 11.4 Å². The number of nitrogens with one attached hydrogen (secondary N) is 1. The maximum Gasteiger partial charge on any atom is 0.228 e. The van der Waals surface area contributed by atoms with Crippen molar-refractivity contribution in [3.05, 3.63) is 46.5 Å². The highest BCUT2D eigenvalue weighted by atomic mass is 16.2. The van der Waals surface area contributed by atoms with Gasteiger partial charge in [0.1, 0.15) is 0 Å². The van der Waals surface area contributed by atoms with Crippen LogP contribution in [0.25, 0.3) is 0 Å². The van der Waals surface area contributed by atoms with Crippen LogP contribution in [0.2, 0.25) is 0 Å². The summed E-state index contributed by atoms with van der Waals surface area (Å²) < 4.78 is 0. The van der Waals surface area contributed by atoms with Crippen LogP contribution in [-0.4, -0.2) is 18.2 Å². The smallest absolute Gasteiger partial charge is 0.228 e. The monoisotopic (exact) mass is 297 g/mol. The van der Waals surface area contributed by atoms with E-state index in [9.17, 15) is 9.59 Å². The number of Topliss-reactive ketones (excluding diaryl/α,β-unsaturated/α-hetero) is 1. The molecule has 3 heteroatoms. The average Bonchev–Trinajstić information content (AvgIpc) is 2.87. The number of carbonyl (C=O) groups is 2. The number of fused-ring (bicyclic) bond motifs is 1. The average molecular weight is 297 g/mol. The molecule has 116 valence electrons. The summed E-state index contributed by atoms with van der Waals surface area (Å²) in [5, 5.41) is 3.03. The molecule has 0 fully saturated rings. The summed E-state index contributed by atoms with van der Waals surface area (Å²) in [7, 11) is 0. The Labute approximate surface area is 131 Å². The lowest BCUT2D eigenvalue weighted by Crippen LogP contribution is -2.30. The predicted molar refractivity (Wildman–Crippen MR) is 87.0 cm³/mol. The third kappa shape index (κ3) is 2.99. The fourth-order valence-electron chi connectivity index (χ4n) is 3.61. The van der Waals surface area contributed by atoms with Crippen LogP contribution in [0.3, 0.4) is 0 Å². The molecule has 1 aromatic rings. The highest BCUT2D eigenvalue weighted by Gasteiger charge is 2.35. The lowest BCUT2D eigenvalue weighted by Gasteiger charge is -2.16. The van der Waals surface area contributed by atoms with Gasteiger partial charge in [0, 0.05) is 18.5 Å². The molecule has 2 aliphatic rings. The fourth-order valence-corrected chi connectivity index (χ4v) is 3.61. The van der Waals surface area contributed by atoms with Crippen molar-refractivity contribution in [2.24, 2.45) is 0 Å². The van der Waals surface area contributed by atoms with E-state index in [-0.39, 0.29) is 17.6 Å². The van der Waals surface area contributed by atoms with Crippen LogP contribution in [0.5, 0.6) is 0 Å². The van der Waals surface area contributed by atoms with Gasteiger partial charge in [-0.3, -0.25) is 9.59 Å². The fraction of sp³-hybridized carbons (Fsp3) is 0.474. The standard InChI is InChI=1S/C19H23NO2/c1-13-6-5-9-15-17(21)12-16(18(13)15)19(22)20-11-10-14-7-3-2-4-8-14/h5-7,9,16H,2-4,8,10-12H2,1H3,(H,20,22). The first-order chi connectivity index (χ1) is 10.7. The van der Waals surface area contributed by atoms with Crippen LogP contribution >= 0.6 is 0 Å². The second-order valence-electron chi connectivity index (χ2n) is 6.37. The summed E-state index contributed by atoms with van der Waals surface area (Å²) in [5.74, 6) is -0.212. The summed E-state index contributed by atoms with van der Waals surface area (Å²) in [6.07, 6.45) is 8.46. The number of ketones is 1. The van der Waals surface area contributed by atoms with E-state index in [0.717, 1.165) is 23.1 Å².